The second kappa shape index (κ2) is 5.92. The quantitative estimate of drug-likeness (QED) is 0.882. The summed E-state index contributed by atoms with van der Waals surface area (Å²) in [6.45, 7) is 2.18. The lowest BCUT2D eigenvalue weighted by Crippen LogP contribution is -2.26. The summed E-state index contributed by atoms with van der Waals surface area (Å²) in [4.78, 5) is 1.16. The minimum Gasteiger partial charge on any atom is -0.396 e. The molecule has 0 saturated heterocycles. The Kier molecular flexibility index (Phi) is 3.99. The molecule has 1 aromatic heterocycles. The zero-order valence-corrected chi connectivity index (χ0v) is 12.8. The maximum atomic E-state index is 9.52. The normalized spacial score (nSPS) is 20.8. The van der Waals surface area contributed by atoms with Gasteiger partial charge in [-0.2, -0.15) is 10.2 Å². The number of azo groups is 1. The van der Waals surface area contributed by atoms with Gasteiger partial charge in [-0.05, 0) is 41.5 Å². The van der Waals surface area contributed by atoms with Gasteiger partial charge in [0.05, 0.1) is 6.20 Å². The smallest absolute Gasteiger partial charge is 0.141 e. The van der Waals surface area contributed by atoms with Crippen molar-refractivity contribution in [2.75, 3.05) is 6.61 Å². The van der Waals surface area contributed by atoms with Crippen molar-refractivity contribution in [1.82, 2.24) is 0 Å². The molecular formula is C17H18N2OS. The Balaban J connectivity index is 1.96. The first-order valence-corrected chi connectivity index (χ1v) is 7.94. The van der Waals surface area contributed by atoms with Crippen molar-refractivity contribution in [1.29, 1.82) is 0 Å². The van der Waals surface area contributed by atoms with Crippen molar-refractivity contribution in [2.45, 2.75) is 25.3 Å². The SMILES string of the molecule is Cc1csc(C2(CCO)N=NC=C2Cc2ccccc2)c1. The zero-order valence-electron chi connectivity index (χ0n) is 12.0. The highest BCUT2D eigenvalue weighted by molar-refractivity contribution is 7.10. The van der Waals surface area contributed by atoms with E-state index < -0.39 is 5.54 Å². The van der Waals surface area contributed by atoms with Crippen molar-refractivity contribution < 1.29 is 5.11 Å². The summed E-state index contributed by atoms with van der Waals surface area (Å²) in [5.41, 5.74) is 3.15. The van der Waals surface area contributed by atoms with Gasteiger partial charge in [-0.25, -0.2) is 0 Å². The van der Waals surface area contributed by atoms with Gasteiger partial charge in [0.15, 0.2) is 0 Å². The van der Waals surface area contributed by atoms with Crippen LogP contribution in [-0.4, -0.2) is 11.7 Å². The molecule has 0 spiro atoms. The van der Waals surface area contributed by atoms with E-state index in [0.29, 0.717) is 6.42 Å². The van der Waals surface area contributed by atoms with Crippen molar-refractivity contribution in [2.24, 2.45) is 10.2 Å². The number of benzene rings is 1. The first kappa shape index (κ1) is 14.2. The molecule has 0 saturated carbocycles. The predicted molar refractivity (Wildman–Crippen MR) is 85.5 cm³/mol. The Morgan fingerprint density at radius 1 is 1.24 bits per heavy atom. The van der Waals surface area contributed by atoms with Crippen LogP contribution in [0.4, 0.5) is 0 Å². The van der Waals surface area contributed by atoms with Crippen molar-refractivity contribution in [3.05, 3.63) is 69.6 Å². The molecule has 0 amide bonds. The van der Waals surface area contributed by atoms with E-state index in [1.165, 1.54) is 11.1 Å². The van der Waals surface area contributed by atoms with Gasteiger partial charge in [-0.15, -0.1) is 11.3 Å². The lowest BCUT2D eigenvalue weighted by molar-refractivity contribution is 0.254. The summed E-state index contributed by atoms with van der Waals surface area (Å²) in [6, 6.07) is 12.5. The van der Waals surface area contributed by atoms with Crippen LogP contribution in [0, 0.1) is 6.92 Å². The average molecular weight is 298 g/mol. The van der Waals surface area contributed by atoms with Gasteiger partial charge in [0.2, 0.25) is 0 Å². The minimum absolute atomic E-state index is 0.0993. The molecule has 0 bridgehead atoms. The number of rotatable bonds is 5. The molecule has 21 heavy (non-hydrogen) atoms. The summed E-state index contributed by atoms with van der Waals surface area (Å²) in [7, 11) is 0. The highest BCUT2D eigenvalue weighted by Crippen LogP contribution is 2.44. The average Bonchev–Trinajstić information content (AvgIpc) is 3.09. The van der Waals surface area contributed by atoms with E-state index in [-0.39, 0.29) is 6.61 Å². The van der Waals surface area contributed by atoms with E-state index in [1.807, 2.05) is 24.4 Å². The fourth-order valence-electron chi connectivity index (χ4n) is 2.73. The fraction of sp³-hybridized carbons (Fsp3) is 0.294. The number of nitrogens with zero attached hydrogens (tertiary/aromatic N) is 2. The van der Waals surface area contributed by atoms with Gasteiger partial charge in [0.1, 0.15) is 5.54 Å². The lowest BCUT2D eigenvalue weighted by atomic mass is 9.83. The number of hydrogen-bond acceptors (Lipinski definition) is 4. The van der Waals surface area contributed by atoms with Crippen LogP contribution in [0.5, 0.6) is 0 Å². The van der Waals surface area contributed by atoms with E-state index in [1.54, 1.807) is 11.3 Å². The fourth-order valence-corrected chi connectivity index (χ4v) is 3.83. The predicted octanol–water partition coefficient (Wildman–Crippen LogP) is 4.23. The Morgan fingerprint density at radius 2 is 2.05 bits per heavy atom. The van der Waals surface area contributed by atoms with Gasteiger partial charge < -0.3 is 5.11 Å². The van der Waals surface area contributed by atoms with Crippen LogP contribution < -0.4 is 0 Å². The first-order valence-electron chi connectivity index (χ1n) is 7.06. The van der Waals surface area contributed by atoms with Crippen LogP contribution in [0.15, 0.2) is 63.8 Å². The number of aryl methyl sites for hydroxylation is 1. The van der Waals surface area contributed by atoms with Gasteiger partial charge in [0.25, 0.3) is 0 Å². The second-order valence-corrected chi connectivity index (χ2v) is 6.27. The molecule has 0 aliphatic carbocycles. The molecule has 1 aromatic carbocycles. The molecule has 108 valence electrons. The molecule has 2 aromatic rings. The van der Waals surface area contributed by atoms with Crippen LogP contribution in [0.25, 0.3) is 0 Å². The van der Waals surface area contributed by atoms with Crippen molar-refractivity contribution in [3.8, 4) is 0 Å². The number of thiophene rings is 1. The molecule has 1 unspecified atom stereocenters. The standard InChI is InChI=1S/C17H18N2OS/c1-13-9-16(21-12-13)17(7-8-20)15(11-18-19-17)10-14-5-3-2-4-6-14/h2-6,9,11-12,20H,7-8,10H2,1H3. The van der Waals surface area contributed by atoms with Gasteiger partial charge >= 0.3 is 0 Å². The Morgan fingerprint density at radius 3 is 2.71 bits per heavy atom. The summed E-state index contributed by atoms with van der Waals surface area (Å²) in [5.74, 6) is 0. The van der Waals surface area contributed by atoms with E-state index in [9.17, 15) is 5.11 Å². The van der Waals surface area contributed by atoms with Crippen molar-refractivity contribution >= 4 is 11.3 Å². The molecule has 2 heterocycles. The van der Waals surface area contributed by atoms with E-state index in [4.69, 9.17) is 0 Å². The first-order chi connectivity index (χ1) is 10.2. The van der Waals surface area contributed by atoms with Crippen LogP contribution in [0.2, 0.25) is 0 Å². The molecule has 3 nitrogen and oxygen atoms in total. The van der Waals surface area contributed by atoms with Gasteiger partial charge in [-0.3, -0.25) is 0 Å². The lowest BCUT2D eigenvalue weighted by Gasteiger charge is -2.26. The monoisotopic (exact) mass is 298 g/mol. The second-order valence-electron chi connectivity index (χ2n) is 5.35. The molecule has 0 fully saturated rings. The Bertz CT molecular complexity index is 675. The summed E-state index contributed by atoms with van der Waals surface area (Å²) in [5, 5.41) is 20.3. The van der Waals surface area contributed by atoms with Crippen molar-refractivity contribution in [3.63, 3.8) is 0 Å². The largest absolute Gasteiger partial charge is 0.396 e. The van der Waals surface area contributed by atoms with Gasteiger partial charge in [-0.1, -0.05) is 30.3 Å². The summed E-state index contributed by atoms with van der Waals surface area (Å²) < 4.78 is 0. The van der Waals surface area contributed by atoms with Crippen LogP contribution in [0.1, 0.15) is 22.4 Å². The van der Waals surface area contributed by atoms with Crippen LogP contribution >= 0.6 is 11.3 Å². The topological polar surface area (TPSA) is 45.0 Å². The van der Waals surface area contributed by atoms with E-state index >= 15 is 0 Å². The minimum atomic E-state index is -0.483. The molecule has 1 N–H and O–H groups in total. The third-order valence-electron chi connectivity index (χ3n) is 3.82. The van der Waals surface area contributed by atoms with Crippen LogP contribution in [-0.2, 0) is 12.0 Å². The Hall–Kier alpha value is -1.78. The number of aliphatic hydroxyl groups excluding tert-OH is 1. The highest BCUT2D eigenvalue weighted by Gasteiger charge is 2.39. The van der Waals surface area contributed by atoms with Crippen LogP contribution in [0.3, 0.4) is 0 Å². The zero-order chi connectivity index (χ0) is 14.7. The number of hydrogen-bond donors (Lipinski definition) is 1. The molecular weight excluding hydrogens is 280 g/mol. The molecule has 1 aliphatic heterocycles. The third kappa shape index (κ3) is 2.69. The molecule has 0 radical (unpaired) electrons. The van der Waals surface area contributed by atoms with E-state index in [2.05, 4.69) is 40.7 Å². The maximum Gasteiger partial charge on any atom is 0.141 e. The maximum absolute atomic E-state index is 9.52. The molecule has 1 aliphatic rings. The third-order valence-corrected chi connectivity index (χ3v) is 5.02. The number of aliphatic hydroxyl groups is 1. The molecule has 4 heteroatoms. The van der Waals surface area contributed by atoms with E-state index in [0.717, 1.165) is 16.9 Å². The molecule has 3 rings (SSSR count). The highest BCUT2D eigenvalue weighted by atomic mass is 32.1. The molecule has 1 atom stereocenters. The Labute approximate surface area is 128 Å². The summed E-state index contributed by atoms with van der Waals surface area (Å²) in [6.07, 6.45) is 3.25. The summed E-state index contributed by atoms with van der Waals surface area (Å²) >= 11 is 1.69. The van der Waals surface area contributed by atoms with Gasteiger partial charge in [0, 0.05) is 17.9 Å².